The van der Waals surface area contributed by atoms with Gasteiger partial charge in [0.05, 0.1) is 5.16 Å². The first kappa shape index (κ1) is 24.7. The monoisotopic (exact) mass is 461 g/mol. The molecule has 0 N–H and O–H groups in total. The summed E-state index contributed by atoms with van der Waals surface area (Å²) in [5, 5.41) is 2.16. The SMILES string of the molecule is CCCCCCC#Cc1ccc(C#Cc2ccc(C#Cc3ccc(N=C=S)c(F)c3)cc2)cc1. The van der Waals surface area contributed by atoms with E-state index < -0.39 is 5.82 Å². The van der Waals surface area contributed by atoms with Gasteiger partial charge in [-0.1, -0.05) is 61.7 Å². The Balaban J connectivity index is 1.58. The van der Waals surface area contributed by atoms with E-state index in [9.17, 15) is 4.39 Å². The lowest BCUT2D eigenvalue weighted by atomic mass is 10.1. The molecule has 0 saturated heterocycles. The Kier molecular flexibility index (Phi) is 9.87. The largest absolute Gasteiger partial charge is 0.205 e. The summed E-state index contributed by atoms with van der Waals surface area (Å²) < 4.78 is 13.9. The van der Waals surface area contributed by atoms with E-state index in [0.29, 0.717) is 5.56 Å². The van der Waals surface area contributed by atoms with Crippen molar-refractivity contribution in [1.82, 2.24) is 0 Å². The highest BCUT2D eigenvalue weighted by molar-refractivity contribution is 7.78. The molecule has 166 valence electrons. The minimum atomic E-state index is -0.475. The quantitative estimate of drug-likeness (QED) is 0.164. The van der Waals surface area contributed by atoms with Gasteiger partial charge in [0.25, 0.3) is 0 Å². The van der Waals surface area contributed by atoms with E-state index in [1.165, 1.54) is 37.8 Å². The summed E-state index contributed by atoms with van der Waals surface area (Å²) in [6.45, 7) is 2.22. The molecule has 3 aromatic carbocycles. The molecule has 0 unspecified atom stereocenters. The third kappa shape index (κ3) is 8.20. The maximum absolute atomic E-state index is 13.9. The molecule has 3 rings (SSSR count). The molecule has 34 heavy (non-hydrogen) atoms. The van der Waals surface area contributed by atoms with Gasteiger partial charge in [0, 0.05) is 34.2 Å². The molecule has 0 radical (unpaired) electrons. The van der Waals surface area contributed by atoms with E-state index in [2.05, 4.69) is 64.8 Å². The lowest BCUT2D eigenvalue weighted by Crippen LogP contribution is -1.81. The van der Waals surface area contributed by atoms with Gasteiger partial charge < -0.3 is 0 Å². The molecule has 0 aliphatic rings. The van der Waals surface area contributed by atoms with Crippen molar-refractivity contribution in [3.8, 4) is 35.5 Å². The molecule has 0 atom stereocenters. The minimum Gasteiger partial charge on any atom is -0.205 e. The molecule has 0 heterocycles. The van der Waals surface area contributed by atoms with Crippen molar-refractivity contribution >= 4 is 23.1 Å². The summed E-state index contributed by atoms with van der Waals surface area (Å²) >= 11 is 4.51. The van der Waals surface area contributed by atoms with E-state index in [4.69, 9.17) is 0 Å². The minimum absolute atomic E-state index is 0.156. The number of rotatable bonds is 5. The van der Waals surface area contributed by atoms with Crippen molar-refractivity contribution < 1.29 is 4.39 Å². The number of thiocarbonyl (C=S) groups is 1. The van der Waals surface area contributed by atoms with Gasteiger partial charge in [-0.25, -0.2) is 4.39 Å². The Labute approximate surface area is 207 Å². The van der Waals surface area contributed by atoms with Crippen LogP contribution in [0.2, 0.25) is 0 Å². The number of isothiocyanates is 1. The zero-order chi connectivity index (χ0) is 24.0. The number of aliphatic imine (C=N–C) groups is 1. The second kappa shape index (κ2) is 13.6. The van der Waals surface area contributed by atoms with Crippen LogP contribution in [-0.4, -0.2) is 5.16 Å². The van der Waals surface area contributed by atoms with E-state index in [-0.39, 0.29) is 5.69 Å². The van der Waals surface area contributed by atoms with E-state index in [1.54, 1.807) is 6.07 Å². The van der Waals surface area contributed by atoms with Crippen LogP contribution in [0.3, 0.4) is 0 Å². The molecule has 0 bridgehead atoms. The third-order valence-corrected chi connectivity index (χ3v) is 5.07. The van der Waals surface area contributed by atoms with Crippen LogP contribution < -0.4 is 0 Å². The molecule has 0 fully saturated rings. The fraction of sp³-hybridized carbons (Fsp3) is 0.194. The molecule has 0 aliphatic heterocycles. The molecule has 0 aliphatic carbocycles. The van der Waals surface area contributed by atoms with Crippen molar-refractivity contribution in [1.29, 1.82) is 0 Å². The van der Waals surface area contributed by atoms with Gasteiger partial charge >= 0.3 is 0 Å². The van der Waals surface area contributed by atoms with Crippen LogP contribution in [0.4, 0.5) is 10.1 Å². The first-order valence-corrected chi connectivity index (χ1v) is 11.7. The molecule has 0 amide bonds. The van der Waals surface area contributed by atoms with Crippen molar-refractivity contribution in [2.75, 3.05) is 0 Å². The Hall–Kier alpha value is -3.93. The predicted octanol–water partition coefficient (Wildman–Crippen LogP) is 7.68. The topological polar surface area (TPSA) is 12.4 Å². The normalized spacial score (nSPS) is 9.35. The zero-order valence-electron chi connectivity index (χ0n) is 19.1. The van der Waals surface area contributed by atoms with Gasteiger partial charge in [0.2, 0.25) is 0 Å². The van der Waals surface area contributed by atoms with Gasteiger partial charge in [-0.3, -0.25) is 0 Å². The second-order valence-corrected chi connectivity index (χ2v) is 7.82. The summed E-state index contributed by atoms with van der Waals surface area (Å²) in [4.78, 5) is 3.66. The average molecular weight is 462 g/mol. The number of benzene rings is 3. The number of nitrogens with zero attached hydrogens (tertiary/aromatic N) is 1. The summed E-state index contributed by atoms with van der Waals surface area (Å²) in [5.74, 6) is 18.3. The fourth-order valence-electron chi connectivity index (χ4n) is 3.09. The first-order chi connectivity index (χ1) is 16.7. The zero-order valence-corrected chi connectivity index (χ0v) is 19.9. The summed E-state index contributed by atoms with van der Waals surface area (Å²) in [6, 6.07) is 20.2. The van der Waals surface area contributed by atoms with Crippen molar-refractivity contribution in [2.24, 2.45) is 4.99 Å². The van der Waals surface area contributed by atoms with Gasteiger partial charge in [-0.15, -0.1) is 0 Å². The first-order valence-electron chi connectivity index (χ1n) is 11.3. The summed E-state index contributed by atoms with van der Waals surface area (Å²) in [6.07, 6.45) is 5.91. The van der Waals surface area contributed by atoms with Crippen LogP contribution in [0.5, 0.6) is 0 Å². The van der Waals surface area contributed by atoms with Gasteiger partial charge in [0.1, 0.15) is 5.69 Å². The maximum atomic E-state index is 13.9. The predicted molar refractivity (Wildman–Crippen MR) is 142 cm³/mol. The molecule has 3 heteroatoms. The number of hydrogen-bond acceptors (Lipinski definition) is 2. The Morgan fingerprint density at radius 1 is 0.676 bits per heavy atom. The Morgan fingerprint density at radius 3 is 1.68 bits per heavy atom. The molecule has 0 saturated carbocycles. The highest BCUT2D eigenvalue weighted by Gasteiger charge is 2.00. The summed E-state index contributed by atoms with van der Waals surface area (Å²) in [5.41, 5.74) is 4.41. The van der Waals surface area contributed by atoms with E-state index in [1.807, 2.05) is 48.5 Å². The second-order valence-electron chi connectivity index (χ2n) is 7.64. The number of halogens is 1. The smallest absolute Gasteiger partial charge is 0.150 e. The van der Waals surface area contributed by atoms with Crippen LogP contribution in [0.25, 0.3) is 0 Å². The molecular weight excluding hydrogens is 437 g/mol. The van der Waals surface area contributed by atoms with Crippen LogP contribution in [0.1, 0.15) is 66.8 Å². The Bertz CT molecular complexity index is 1350. The molecular formula is C31H24FNS. The fourth-order valence-corrected chi connectivity index (χ4v) is 3.19. The highest BCUT2D eigenvalue weighted by Crippen LogP contribution is 2.18. The van der Waals surface area contributed by atoms with Crippen LogP contribution in [0.15, 0.2) is 71.7 Å². The van der Waals surface area contributed by atoms with Crippen LogP contribution in [0, 0.1) is 41.3 Å². The van der Waals surface area contributed by atoms with Gasteiger partial charge in [-0.2, -0.15) is 4.99 Å². The molecule has 0 aromatic heterocycles. The van der Waals surface area contributed by atoms with Crippen LogP contribution >= 0.6 is 12.2 Å². The van der Waals surface area contributed by atoms with E-state index in [0.717, 1.165) is 28.7 Å². The maximum Gasteiger partial charge on any atom is 0.150 e. The van der Waals surface area contributed by atoms with Crippen molar-refractivity contribution in [3.63, 3.8) is 0 Å². The lowest BCUT2D eigenvalue weighted by Gasteiger charge is -1.96. The van der Waals surface area contributed by atoms with Crippen molar-refractivity contribution in [2.45, 2.75) is 39.0 Å². The standard InChI is InChI=1S/C31H24FNS/c1-2-3-4-5-6-7-8-25-9-11-26(12-10-25)13-14-27-15-17-28(18-16-27)19-20-29-21-22-31(33-24-34)30(32)23-29/h9-12,15-18,21-23H,2-6H2,1H3. The van der Waals surface area contributed by atoms with Crippen LogP contribution in [-0.2, 0) is 0 Å². The third-order valence-electron chi connectivity index (χ3n) is 4.97. The van der Waals surface area contributed by atoms with Gasteiger partial charge in [0.15, 0.2) is 5.82 Å². The number of unbranched alkanes of at least 4 members (excludes halogenated alkanes) is 4. The molecule has 3 aromatic rings. The molecule has 1 nitrogen and oxygen atoms in total. The van der Waals surface area contributed by atoms with E-state index >= 15 is 0 Å². The Morgan fingerprint density at radius 2 is 1.18 bits per heavy atom. The lowest BCUT2D eigenvalue weighted by molar-refractivity contribution is 0.629. The average Bonchev–Trinajstić information content (AvgIpc) is 2.86. The number of hydrogen-bond donors (Lipinski definition) is 0. The molecule has 0 spiro atoms. The van der Waals surface area contributed by atoms with Crippen molar-refractivity contribution in [3.05, 3.63) is 100 Å². The highest BCUT2D eigenvalue weighted by atomic mass is 32.1. The van der Waals surface area contributed by atoms with Gasteiger partial charge in [-0.05, 0) is 85.4 Å². The summed E-state index contributed by atoms with van der Waals surface area (Å²) in [7, 11) is 0.